The molecule has 0 aromatic heterocycles. The summed E-state index contributed by atoms with van der Waals surface area (Å²) in [6, 6.07) is -4.89. The first-order chi connectivity index (χ1) is 14.3. The molecule has 0 fully saturated rings. The highest BCUT2D eigenvalue weighted by molar-refractivity contribution is 5.94. The van der Waals surface area contributed by atoms with E-state index in [1.165, 1.54) is 0 Å². The maximum absolute atomic E-state index is 12.7. The Kier molecular flexibility index (Phi) is 12.4. The quantitative estimate of drug-likeness (QED) is 0.164. The van der Waals surface area contributed by atoms with Gasteiger partial charge in [0.25, 0.3) is 0 Å². The first kappa shape index (κ1) is 28.3. The van der Waals surface area contributed by atoms with Crippen molar-refractivity contribution in [3.05, 3.63) is 0 Å². The third-order valence-electron chi connectivity index (χ3n) is 4.85. The van der Waals surface area contributed by atoms with Gasteiger partial charge in [-0.15, -0.1) is 0 Å². The number of nitrogens with two attached hydrogens (primary N) is 1. The van der Waals surface area contributed by atoms with Gasteiger partial charge in [0.15, 0.2) is 0 Å². The number of carbonyl (C=O) groups is 5. The second kappa shape index (κ2) is 13.5. The van der Waals surface area contributed by atoms with E-state index < -0.39 is 66.4 Å². The Hall–Kier alpha value is -2.73. The number of carboxylic acids is 2. The van der Waals surface area contributed by atoms with Gasteiger partial charge in [-0.3, -0.25) is 19.2 Å². The molecule has 8 N–H and O–H groups in total. The summed E-state index contributed by atoms with van der Waals surface area (Å²) >= 11 is 0. The summed E-state index contributed by atoms with van der Waals surface area (Å²) in [5.41, 5.74) is 5.59. The Labute approximate surface area is 180 Å². The topological polar surface area (TPSA) is 208 Å². The summed E-state index contributed by atoms with van der Waals surface area (Å²) in [6.45, 7) is 5.93. The van der Waals surface area contributed by atoms with Crippen LogP contribution in [0.15, 0.2) is 0 Å². The fraction of sp³-hybridized carbons (Fsp3) is 0.737. The Morgan fingerprint density at radius 2 is 1.42 bits per heavy atom. The molecule has 31 heavy (non-hydrogen) atoms. The van der Waals surface area contributed by atoms with Crippen molar-refractivity contribution < 1.29 is 39.3 Å². The van der Waals surface area contributed by atoms with Crippen molar-refractivity contribution in [1.82, 2.24) is 16.0 Å². The van der Waals surface area contributed by atoms with Crippen LogP contribution in [0.1, 0.15) is 47.0 Å². The van der Waals surface area contributed by atoms with Gasteiger partial charge in [0, 0.05) is 6.42 Å². The third kappa shape index (κ3) is 9.75. The molecule has 0 heterocycles. The van der Waals surface area contributed by atoms with Crippen LogP contribution in [0.2, 0.25) is 0 Å². The van der Waals surface area contributed by atoms with E-state index >= 15 is 0 Å². The third-order valence-corrected chi connectivity index (χ3v) is 4.85. The second-order valence-electron chi connectivity index (χ2n) is 7.72. The van der Waals surface area contributed by atoms with Gasteiger partial charge >= 0.3 is 11.9 Å². The lowest BCUT2D eigenvalue weighted by Crippen LogP contribution is -2.59. The molecule has 0 spiro atoms. The predicted octanol–water partition coefficient (Wildman–Crippen LogP) is -1.59. The first-order valence-corrected chi connectivity index (χ1v) is 10.1. The lowest BCUT2D eigenvalue weighted by atomic mass is 9.96. The van der Waals surface area contributed by atoms with Crippen molar-refractivity contribution in [3.8, 4) is 0 Å². The van der Waals surface area contributed by atoms with Crippen LogP contribution in [-0.4, -0.2) is 75.8 Å². The summed E-state index contributed by atoms with van der Waals surface area (Å²) in [5.74, 6) is -5.52. The van der Waals surface area contributed by atoms with Gasteiger partial charge in [-0.25, -0.2) is 4.79 Å². The standard InChI is InChI=1S/C19H34N4O8/c1-5-10(4)15(18(29)22-14(9(2)3)19(30)31)23-17(28)12(8-24)21-16(27)11(20)6-7-13(25)26/h9-12,14-15,24H,5-8,20H2,1-4H3,(H,21,27)(H,22,29)(H,23,28)(H,25,26)(H,30,31). The highest BCUT2D eigenvalue weighted by atomic mass is 16.4. The number of aliphatic hydroxyl groups excluding tert-OH is 1. The largest absolute Gasteiger partial charge is 0.481 e. The monoisotopic (exact) mass is 446 g/mol. The van der Waals surface area contributed by atoms with E-state index in [9.17, 15) is 34.2 Å². The highest BCUT2D eigenvalue weighted by Gasteiger charge is 2.33. The second-order valence-corrected chi connectivity index (χ2v) is 7.72. The Balaban J connectivity index is 5.26. The lowest BCUT2D eigenvalue weighted by Gasteiger charge is -2.28. The van der Waals surface area contributed by atoms with Crippen LogP contribution < -0.4 is 21.7 Å². The molecule has 12 nitrogen and oxygen atoms in total. The Morgan fingerprint density at radius 1 is 0.871 bits per heavy atom. The average Bonchev–Trinajstić information content (AvgIpc) is 2.70. The minimum atomic E-state index is -1.43. The molecular weight excluding hydrogens is 412 g/mol. The number of hydrogen-bond acceptors (Lipinski definition) is 7. The maximum atomic E-state index is 12.7. The number of nitrogens with one attached hydrogen (secondary N) is 3. The van der Waals surface area contributed by atoms with Gasteiger partial charge in [0.1, 0.15) is 18.1 Å². The molecule has 5 atom stereocenters. The fourth-order valence-corrected chi connectivity index (χ4v) is 2.60. The highest BCUT2D eigenvalue weighted by Crippen LogP contribution is 2.10. The number of carbonyl (C=O) groups excluding carboxylic acids is 3. The SMILES string of the molecule is CCC(C)C(NC(=O)C(CO)NC(=O)C(N)CCC(=O)O)C(=O)NC(C(=O)O)C(C)C. The zero-order valence-electron chi connectivity index (χ0n) is 18.3. The minimum Gasteiger partial charge on any atom is -0.481 e. The Bertz CT molecular complexity index is 655. The number of aliphatic carboxylic acids is 2. The van der Waals surface area contributed by atoms with E-state index in [-0.39, 0.29) is 18.8 Å². The van der Waals surface area contributed by atoms with Crippen LogP contribution in [-0.2, 0) is 24.0 Å². The zero-order chi connectivity index (χ0) is 24.3. The number of aliphatic hydroxyl groups is 1. The summed E-state index contributed by atoms with van der Waals surface area (Å²) in [4.78, 5) is 59.3. The van der Waals surface area contributed by atoms with E-state index in [1.54, 1.807) is 27.7 Å². The molecular formula is C19H34N4O8. The normalized spacial score (nSPS) is 15.8. The van der Waals surface area contributed by atoms with Gasteiger partial charge in [-0.2, -0.15) is 0 Å². The summed E-state index contributed by atoms with van der Waals surface area (Å²) < 4.78 is 0. The molecule has 0 aliphatic heterocycles. The Morgan fingerprint density at radius 3 is 1.84 bits per heavy atom. The van der Waals surface area contributed by atoms with Crippen molar-refractivity contribution in [2.45, 2.75) is 71.1 Å². The zero-order valence-corrected chi connectivity index (χ0v) is 18.3. The molecule has 5 unspecified atom stereocenters. The molecule has 0 radical (unpaired) electrons. The molecule has 0 rings (SSSR count). The van der Waals surface area contributed by atoms with E-state index in [1.807, 2.05) is 0 Å². The van der Waals surface area contributed by atoms with Gasteiger partial charge in [0.2, 0.25) is 17.7 Å². The molecule has 0 saturated carbocycles. The van der Waals surface area contributed by atoms with E-state index in [4.69, 9.17) is 10.8 Å². The molecule has 3 amide bonds. The molecule has 0 aliphatic carbocycles. The van der Waals surface area contributed by atoms with Crippen LogP contribution in [0.25, 0.3) is 0 Å². The predicted molar refractivity (Wildman–Crippen MR) is 110 cm³/mol. The maximum Gasteiger partial charge on any atom is 0.326 e. The van der Waals surface area contributed by atoms with E-state index in [2.05, 4.69) is 16.0 Å². The van der Waals surface area contributed by atoms with Crippen LogP contribution in [0.5, 0.6) is 0 Å². The van der Waals surface area contributed by atoms with Crippen LogP contribution in [0.3, 0.4) is 0 Å². The van der Waals surface area contributed by atoms with Crippen molar-refractivity contribution in [3.63, 3.8) is 0 Å². The van der Waals surface area contributed by atoms with Crippen molar-refractivity contribution in [2.75, 3.05) is 6.61 Å². The van der Waals surface area contributed by atoms with Crippen LogP contribution in [0.4, 0.5) is 0 Å². The van der Waals surface area contributed by atoms with Gasteiger partial charge in [-0.1, -0.05) is 34.1 Å². The molecule has 0 bridgehead atoms. The van der Waals surface area contributed by atoms with Crippen molar-refractivity contribution in [1.29, 1.82) is 0 Å². The van der Waals surface area contributed by atoms with E-state index in [0.29, 0.717) is 6.42 Å². The van der Waals surface area contributed by atoms with Gasteiger partial charge in [-0.05, 0) is 18.3 Å². The smallest absolute Gasteiger partial charge is 0.326 e. The molecule has 0 aromatic carbocycles. The molecule has 0 saturated heterocycles. The summed E-state index contributed by atoms with van der Waals surface area (Å²) in [5, 5.41) is 34.5. The first-order valence-electron chi connectivity index (χ1n) is 10.1. The number of carboxylic acid groups (broad SMARTS) is 2. The number of amides is 3. The van der Waals surface area contributed by atoms with Gasteiger partial charge in [0.05, 0.1) is 12.6 Å². The average molecular weight is 447 g/mol. The van der Waals surface area contributed by atoms with Crippen LogP contribution >= 0.6 is 0 Å². The van der Waals surface area contributed by atoms with Crippen molar-refractivity contribution in [2.24, 2.45) is 17.6 Å². The molecule has 178 valence electrons. The number of hydrogen-bond donors (Lipinski definition) is 7. The number of rotatable bonds is 14. The molecule has 0 aliphatic rings. The van der Waals surface area contributed by atoms with Crippen LogP contribution in [0, 0.1) is 11.8 Å². The summed E-state index contributed by atoms with van der Waals surface area (Å²) in [7, 11) is 0. The minimum absolute atomic E-state index is 0.162. The lowest BCUT2D eigenvalue weighted by molar-refractivity contribution is -0.144. The molecule has 0 aromatic rings. The molecule has 12 heteroatoms. The summed E-state index contributed by atoms with van der Waals surface area (Å²) in [6.07, 6.45) is -0.0277. The van der Waals surface area contributed by atoms with Crippen molar-refractivity contribution >= 4 is 29.7 Å². The van der Waals surface area contributed by atoms with Gasteiger partial charge < -0.3 is 37.0 Å². The van der Waals surface area contributed by atoms with E-state index in [0.717, 1.165) is 0 Å². The fourth-order valence-electron chi connectivity index (χ4n) is 2.60.